The molecular formula is C89H88O19. The van der Waals surface area contributed by atoms with E-state index in [2.05, 4.69) is 0 Å². The quantitative estimate of drug-likeness (QED) is 0.0268. The van der Waals surface area contributed by atoms with E-state index in [1.807, 2.05) is 212 Å². The fourth-order valence-electron chi connectivity index (χ4n) is 13.2. The van der Waals surface area contributed by atoms with Crippen molar-refractivity contribution in [2.24, 2.45) is 0 Å². The standard InChI is InChI=1S/C89H88O19/c1-93-87-81(99-57-67-42-22-7-23-43-67)78(97-55-65-38-18-5-19-39-65)76(96-54-64-36-16-4-17-37-64)73(103-87)61-102-88-83(107-86(92)71-50-30-11-31-51-71)80(106-85(91)70-48-28-10-29-49-70)77(74(104-88)60-101-84(90)69-46-26-9-27-47-69)108-89-82(100-58-68-44-24-8-25-45-68)79(98-56-66-40-20-6-21-41-66)75(95-53-63-34-14-3-15-35-63)72(105-89)59-94-52-62-32-12-2-13-33-62/h2-51,72-83,87-89H,52-61H2,1H3/t72-,73-,74-,75-,76-,77-,78+,79+,80+,81-,82-,83-,87+,88-,89-/m1/s1. The van der Waals surface area contributed by atoms with Crippen molar-refractivity contribution in [2.75, 3.05) is 26.9 Å². The summed E-state index contributed by atoms with van der Waals surface area (Å²) in [7, 11) is 1.51. The van der Waals surface area contributed by atoms with Crippen LogP contribution in [0.5, 0.6) is 0 Å². The zero-order valence-corrected chi connectivity index (χ0v) is 59.9. The molecule has 10 aromatic carbocycles. The van der Waals surface area contributed by atoms with Gasteiger partial charge in [0.1, 0.15) is 67.6 Å². The van der Waals surface area contributed by atoms with Crippen LogP contribution >= 0.6 is 0 Å². The van der Waals surface area contributed by atoms with Crippen LogP contribution in [-0.2, 0) is 122 Å². The van der Waals surface area contributed by atoms with Crippen molar-refractivity contribution in [2.45, 2.75) is 138 Å². The van der Waals surface area contributed by atoms with Crippen LogP contribution in [0.15, 0.2) is 303 Å². The van der Waals surface area contributed by atoms with E-state index < -0.39 is 123 Å². The number of methoxy groups -OCH3 is 1. The summed E-state index contributed by atoms with van der Waals surface area (Å²) in [4.78, 5) is 45.0. The summed E-state index contributed by atoms with van der Waals surface area (Å²) in [5, 5.41) is 0. The largest absolute Gasteiger partial charge is 0.459 e. The summed E-state index contributed by atoms with van der Waals surface area (Å²) < 4.78 is 111. The number of carbonyl (C=O) groups excluding carboxylic acids is 3. The molecule has 108 heavy (non-hydrogen) atoms. The smallest absolute Gasteiger partial charge is 0.338 e. The van der Waals surface area contributed by atoms with Crippen LogP contribution in [0, 0.1) is 0 Å². The average molecular weight is 1460 g/mol. The lowest BCUT2D eigenvalue weighted by atomic mass is 9.95. The molecule has 558 valence electrons. The Morgan fingerprint density at radius 2 is 0.546 bits per heavy atom. The van der Waals surface area contributed by atoms with Gasteiger partial charge in [-0.15, -0.1) is 0 Å². The number of esters is 3. The Kier molecular flexibility index (Phi) is 28.1. The molecule has 0 N–H and O–H groups in total. The second-order valence-electron chi connectivity index (χ2n) is 26.3. The lowest BCUT2D eigenvalue weighted by Crippen LogP contribution is -2.67. The first-order valence-electron chi connectivity index (χ1n) is 36.3. The SMILES string of the molecule is CO[C@H]1O[C@H](CO[C@@H]2O[C@H](COC(=O)c3ccccc3)[C@@H](O[C@H]3O[C@H](COCc4ccccc4)[C@@H](OCc4ccccc4)[C@H](OCc4ccccc4)[C@H]3OCc3ccccc3)[C@H](OC(=O)c3ccccc3)[C@H]2OC(=O)c2ccccc2)[C@@H](OCc2ccccc2)[C@H](OCc2ccccc2)[C@H]1OCc1ccccc1. The van der Waals surface area contributed by atoms with Gasteiger partial charge in [0, 0.05) is 7.11 Å². The summed E-state index contributed by atoms with van der Waals surface area (Å²) in [5.74, 6) is -2.43. The third kappa shape index (κ3) is 21.3. The molecule has 0 amide bonds. The van der Waals surface area contributed by atoms with Gasteiger partial charge in [-0.1, -0.05) is 267 Å². The van der Waals surface area contributed by atoms with Gasteiger partial charge in [-0.25, -0.2) is 14.4 Å². The van der Waals surface area contributed by atoms with Gasteiger partial charge in [0.2, 0.25) is 0 Å². The average Bonchev–Trinajstić information content (AvgIpc) is 0.764. The number of benzene rings is 10. The number of carbonyl (C=O) groups is 3. The number of rotatable bonds is 35. The van der Waals surface area contributed by atoms with Gasteiger partial charge >= 0.3 is 17.9 Å². The number of hydrogen-bond acceptors (Lipinski definition) is 19. The molecule has 19 nitrogen and oxygen atoms in total. The molecule has 10 aromatic rings. The minimum Gasteiger partial charge on any atom is -0.459 e. The normalized spacial score (nSPS) is 24.1. The minimum absolute atomic E-state index is 0.0146. The Labute approximate surface area is 629 Å². The Morgan fingerprint density at radius 3 is 0.926 bits per heavy atom. The predicted molar refractivity (Wildman–Crippen MR) is 398 cm³/mol. The highest BCUT2D eigenvalue weighted by Gasteiger charge is 2.58. The molecule has 3 aliphatic heterocycles. The van der Waals surface area contributed by atoms with Crippen molar-refractivity contribution in [1.82, 2.24) is 0 Å². The molecule has 0 aliphatic carbocycles. The van der Waals surface area contributed by atoms with Crippen molar-refractivity contribution >= 4 is 17.9 Å². The highest BCUT2D eigenvalue weighted by molar-refractivity contribution is 5.91. The molecule has 0 saturated carbocycles. The molecule has 0 spiro atoms. The number of hydrogen-bond donors (Lipinski definition) is 0. The maximum absolute atomic E-state index is 15.3. The van der Waals surface area contributed by atoms with Gasteiger partial charge in [0.25, 0.3) is 0 Å². The van der Waals surface area contributed by atoms with Gasteiger partial charge in [-0.2, -0.15) is 0 Å². The summed E-state index contributed by atoms with van der Waals surface area (Å²) in [5.41, 5.74) is 6.56. The topological polar surface area (TPSA) is 199 Å². The molecule has 19 heteroatoms. The first kappa shape index (κ1) is 76.3. The maximum Gasteiger partial charge on any atom is 0.338 e. The van der Waals surface area contributed by atoms with Gasteiger partial charge in [0.15, 0.2) is 31.1 Å². The molecule has 13 rings (SSSR count). The van der Waals surface area contributed by atoms with E-state index in [1.54, 1.807) is 91.0 Å². The second kappa shape index (κ2) is 39.8. The lowest BCUT2D eigenvalue weighted by Gasteiger charge is -2.50. The summed E-state index contributed by atoms with van der Waals surface area (Å²) in [6.07, 6.45) is -18.9. The van der Waals surface area contributed by atoms with Crippen LogP contribution in [0.25, 0.3) is 0 Å². The number of ether oxygens (including phenoxy) is 16. The van der Waals surface area contributed by atoms with E-state index in [1.165, 1.54) is 7.11 Å². The highest BCUT2D eigenvalue weighted by atomic mass is 16.8. The van der Waals surface area contributed by atoms with Crippen LogP contribution in [-0.4, -0.2) is 137 Å². The van der Waals surface area contributed by atoms with E-state index in [9.17, 15) is 4.79 Å². The third-order valence-electron chi connectivity index (χ3n) is 18.7. The van der Waals surface area contributed by atoms with Crippen molar-refractivity contribution < 1.29 is 90.2 Å². The van der Waals surface area contributed by atoms with Crippen molar-refractivity contribution in [3.8, 4) is 0 Å². The zero-order valence-electron chi connectivity index (χ0n) is 59.9. The van der Waals surface area contributed by atoms with Crippen molar-refractivity contribution in [3.63, 3.8) is 0 Å². The van der Waals surface area contributed by atoms with Gasteiger partial charge in [0.05, 0.1) is 76.2 Å². The molecule has 3 saturated heterocycles. The van der Waals surface area contributed by atoms with Gasteiger partial charge in [-0.3, -0.25) is 0 Å². The van der Waals surface area contributed by atoms with Crippen LogP contribution in [0.3, 0.4) is 0 Å². The molecule has 15 atom stereocenters. The Balaban J connectivity index is 0.924. The van der Waals surface area contributed by atoms with Gasteiger partial charge in [-0.05, 0) is 75.3 Å². The summed E-state index contributed by atoms with van der Waals surface area (Å²) in [6, 6.07) is 93.0. The molecule has 3 aliphatic rings. The molecule has 3 fully saturated rings. The van der Waals surface area contributed by atoms with Crippen molar-refractivity contribution in [3.05, 3.63) is 359 Å². The summed E-state index contributed by atoms with van der Waals surface area (Å²) in [6.45, 7) is -0.209. The second-order valence-corrected chi connectivity index (χ2v) is 26.3. The molecular weight excluding hydrogens is 1370 g/mol. The van der Waals surface area contributed by atoms with E-state index >= 15 is 9.59 Å². The monoisotopic (exact) mass is 1460 g/mol. The fraction of sp³-hybridized carbons (Fsp3) is 0.292. The predicted octanol–water partition coefficient (Wildman–Crippen LogP) is 14.2. The molecule has 0 unspecified atom stereocenters. The third-order valence-corrected chi connectivity index (χ3v) is 18.7. The minimum atomic E-state index is -1.74. The van der Waals surface area contributed by atoms with Gasteiger partial charge < -0.3 is 75.8 Å². The van der Waals surface area contributed by atoms with E-state index in [4.69, 9.17) is 75.8 Å². The summed E-state index contributed by atoms with van der Waals surface area (Å²) >= 11 is 0. The Morgan fingerprint density at radius 1 is 0.259 bits per heavy atom. The molecule has 0 aromatic heterocycles. The Bertz CT molecular complexity index is 4260. The fourth-order valence-corrected chi connectivity index (χ4v) is 13.2. The molecule has 3 heterocycles. The first-order chi connectivity index (χ1) is 53.3. The maximum atomic E-state index is 15.3. The Hall–Kier alpha value is -9.91. The lowest BCUT2D eigenvalue weighted by molar-refractivity contribution is -0.373. The van der Waals surface area contributed by atoms with Crippen LogP contribution < -0.4 is 0 Å². The molecule has 0 bridgehead atoms. The van der Waals surface area contributed by atoms with E-state index in [-0.39, 0.29) is 69.5 Å². The van der Waals surface area contributed by atoms with E-state index in [0.29, 0.717) is 0 Å². The van der Waals surface area contributed by atoms with Crippen LogP contribution in [0.2, 0.25) is 0 Å². The van der Waals surface area contributed by atoms with Crippen LogP contribution in [0.1, 0.15) is 70.0 Å². The molecule has 0 radical (unpaired) electrons. The van der Waals surface area contributed by atoms with E-state index in [0.717, 1.165) is 38.9 Å². The van der Waals surface area contributed by atoms with Crippen LogP contribution in [0.4, 0.5) is 0 Å². The zero-order chi connectivity index (χ0) is 73.9. The van der Waals surface area contributed by atoms with Crippen molar-refractivity contribution in [1.29, 1.82) is 0 Å². The first-order valence-corrected chi connectivity index (χ1v) is 36.3. The highest BCUT2D eigenvalue weighted by Crippen LogP contribution is 2.39.